The lowest BCUT2D eigenvalue weighted by Crippen LogP contribution is -2.08. The van der Waals surface area contributed by atoms with Crippen LogP contribution in [-0.2, 0) is 19.3 Å². The highest BCUT2D eigenvalue weighted by Gasteiger charge is 2.14. The van der Waals surface area contributed by atoms with Crippen LogP contribution in [0.3, 0.4) is 0 Å². The van der Waals surface area contributed by atoms with Crippen LogP contribution in [0.15, 0.2) is 48.5 Å². The zero-order valence-corrected chi connectivity index (χ0v) is 11.2. The van der Waals surface area contributed by atoms with E-state index in [1.165, 1.54) is 41.5 Å². The summed E-state index contributed by atoms with van der Waals surface area (Å²) in [6, 6.07) is 17.2. The first-order valence-electron chi connectivity index (χ1n) is 7.13. The molecule has 0 saturated carbocycles. The van der Waals surface area contributed by atoms with Gasteiger partial charge in [-0.2, -0.15) is 0 Å². The third-order valence-electron chi connectivity index (χ3n) is 4.14. The topological polar surface area (TPSA) is 20.2 Å². The highest BCUT2D eigenvalue weighted by Crippen LogP contribution is 2.26. The fourth-order valence-electron chi connectivity index (χ4n) is 3.05. The molecule has 2 aromatic carbocycles. The lowest BCUT2D eigenvalue weighted by Gasteiger charge is -2.15. The Balaban J connectivity index is 1.80. The van der Waals surface area contributed by atoms with Crippen molar-refractivity contribution in [3.8, 4) is 0 Å². The maximum absolute atomic E-state index is 9.63. The Hall–Kier alpha value is -1.60. The molecule has 0 heterocycles. The molecule has 2 aromatic rings. The molecule has 3 rings (SSSR count). The monoisotopic (exact) mass is 252 g/mol. The number of aliphatic hydroxyl groups is 1. The van der Waals surface area contributed by atoms with E-state index in [2.05, 4.69) is 30.3 Å². The van der Waals surface area contributed by atoms with E-state index in [1.807, 2.05) is 18.2 Å². The second kappa shape index (κ2) is 5.58. The van der Waals surface area contributed by atoms with E-state index in [0.717, 1.165) is 6.42 Å². The van der Waals surface area contributed by atoms with Gasteiger partial charge in [-0.1, -0.05) is 48.5 Å². The van der Waals surface area contributed by atoms with E-state index in [1.54, 1.807) is 0 Å². The molecule has 1 atom stereocenters. The Morgan fingerprint density at radius 1 is 0.947 bits per heavy atom. The second-order valence-electron chi connectivity index (χ2n) is 5.45. The van der Waals surface area contributed by atoms with Crippen LogP contribution in [0.4, 0.5) is 0 Å². The summed E-state index contributed by atoms with van der Waals surface area (Å²) in [7, 11) is 0. The van der Waals surface area contributed by atoms with Crippen molar-refractivity contribution in [3.63, 3.8) is 0 Å². The average Bonchev–Trinajstić information content (AvgIpc) is 2.93. The molecule has 0 spiro atoms. The minimum absolute atomic E-state index is 0.209. The molecule has 0 radical (unpaired) electrons. The van der Waals surface area contributed by atoms with Crippen molar-refractivity contribution in [1.29, 1.82) is 0 Å². The van der Waals surface area contributed by atoms with Gasteiger partial charge < -0.3 is 5.11 Å². The molecule has 1 aliphatic carbocycles. The number of aryl methyl sites for hydroxylation is 2. The summed E-state index contributed by atoms with van der Waals surface area (Å²) in [5.41, 5.74) is 5.61. The summed E-state index contributed by atoms with van der Waals surface area (Å²) in [6.45, 7) is 0.209. The molecule has 1 aliphatic rings. The lowest BCUT2D eigenvalue weighted by atomic mass is 9.91. The van der Waals surface area contributed by atoms with Crippen LogP contribution >= 0.6 is 0 Å². The zero-order valence-electron chi connectivity index (χ0n) is 11.2. The summed E-state index contributed by atoms with van der Waals surface area (Å²) in [6.07, 6.45) is 4.67. The van der Waals surface area contributed by atoms with Gasteiger partial charge in [0.25, 0.3) is 0 Å². The normalized spacial score (nSPS) is 15.2. The molecule has 0 aromatic heterocycles. The molecule has 19 heavy (non-hydrogen) atoms. The summed E-state index contributed by atoms with van der Waals surface area (Å²) in [4.78, 5) is 0. The van der Waals surface area contributed by atoms with Crippen molar-refractivity contribution in [2.45, 2.75) is 31.6 Å². The van der Waals surface area contributed by atoms with Gasteiger partial charge in [0.1, 0.15) is 0 Å². The predicted octanol–water partition coefficient (Wildman–Crippen LogP) is 3.49. The number of fused-ring (bicyclic) bond motifs is 1. The van der Waals surface area contributed by atoms with E-state index in [-0.39, 0.29) is 12.5 Å². The maximum atomic E-state index is 9.63. The smallest absolute Gasteiger partial charge is 0.0502 e. The third kappa shape index (κ3) is 2.71. The van der Waals surface area contributed by atoms with Gasteiger partial charge in [0, 0.05) is 5.92 Å². The average molecular weight is 252 g/mol. The third-order valence-corrected chi connectivity index (χ3v) is 4.14. The standard InChI is InChI=1S/C18H20O/c19-13-18(15-5-2-1-3-6-15)12-14-9-10-16-7-4-8-17(16)11-14/h1-3,5-6,9-11,18-19H,4,7-8,12-13H2. The minimum Gasteiger partial charge on any atom is -0.396 e. The van der Waals surface area contributed by atoms with Gasteiger partial charge in [-0.3, -0.25) is 0 Å². The molecule has 0 fully saturated rings. The molecule has 1 N–H and O–H groups in total. The summed E-state index contributed by atoms with van der Waals surface area (Å²) in [5, 5.41) is 9.63. The van der Waals surface area contributed by atoms with E-state index in [0.29, 0.717) is 0 Å². The first-order chi connectivity index (χ1) is 9.36. The molecule has 98 valence electrons. The molecule has 0 aliphatic heterocycles. The SMILES string of the molecule is OCC(Cc1ccc2c(c1)CCC2)c1ccccc1. The van der Waals surface area contributed by atoms with Gasteiger partial charge in [0.15, 0.2) is 0 Å². The number of rotatable bonds is 4. The van der Waals surface area contributed by atoms with Gasteiger partial charge in [-0.05, 0) is 47.9 Å². The van der Waals surface area contributed by atoms with Crippen molar-refractivity contribution in [3.05, 3.63) is 70.8 Å². The predicted molar refractivity (Wildman–Crippen MR) is 78.4 cm³/mol. The van der Waals surface area contributed by atoms with E-state index in [9.17, 15) is 5.11 Å². The van der Waals surface area contributed by atoms with Crippen LogP contribution in [0.25, 0.3) is 0 Å². The van der Waals surface area contributed by atoms with Gasteiger partial charge >= 0.3 is 0 Å². The molecule has 0 saturated heterocycles. The fourth-order valence-corrected chi connectivity index (χ4v) is 3.05. The van der Waals surface area contributed by atoms with Crippen LogP contribution in [0.1, 0.15) is 34.6 Å². The Morgan fingerprint density at radius 3 is 2.53 bits per heavy atom. The molecule has 0 amide bonds. The number of benzene rings is 2. The van der Waals surface area contributed by atoms with Gasteiger partial charge in [-0.15, -0.1) is 0 Å². The molecule has 0 bridgehead atoms. The first-order valence-corrected chi connectivity index (χ1v) is 7.13. The largest absolute Gasteiger partial charge is 0.396 e. The number of hydrogen-bond acceptors (Lipinski definition) is 1. The van der Waals surface area contributed by atoms with E-state index < -0.39 is 0 Å². The van der Waals surface area contributed by atoms with Gasteiger partial charge in [0.05, 0.1) is 6.61 Å². The van der Waals surface area contributed by atoms with Crippen LogP contribution in [0, 0.1) is 0 Å². The molecule has 1 unspecified atom stereocenters. The maximum Gasteiger partial charge on any atom is 0.0502 e. The fraction of sp³-hybridized carbons (Fsp3) is 0.333. The number of aliphatic hydroxyl groups excluding tert-OH is 1. The van der Waals surface area contributed by atoms with Crippen LogP contribution in [-0.4, -0.2) is 11.7 Å². The Labute approximate surface area is 114 Å². The van der Waals surface area contributed by atoms with Crippen LogP contribution in [0.2, 0.25) is 0 Å². The van der Waals surface area contributed by atoms with Crippen molar-refractivity contribution in [2.24, 2.45) is 0 Å². The van der Waals surface area contributed by atoms with E-state index >= 15 is 0 Å². The molecular formula is C18H20O. The second-order valence-corrected chi connectivity index (χ2v) is 5.45. The molecule has 1 heteroatoms. The van der Waals surface area contributed by atoms with Crippen molar-refractivity contribution >= 4 is 0 Å². The van der Waals surface area contributed by atoms with E-state index in [4.69, 9.17) is 0 Å². The van der Waals surface area contributed by atoms with Crippen molar-refractivity contribution in [1.82, 2.24) is 0 Å². The highest BCUT2D eigenvalue weighted by molar-refractivity contribution is 5.36. The highest BCUT2D eigenvalue weighted by atomic mass is 16.3. The quantitative estimate of drug-likeness (QED) is 0.883. The zero-order chi connectivity index (χ0) is 13.1. The van der Waals surface area contributed by atoms with Crippen LogP contribution in [0.5, 0.6) is 0 Å². The van der Waals surface area contributed by atoms with Crippen LogP contribution < -0.4 is 0 Å². The van der Waals surface area contributed by atoms with Crippen molar-refractivity contribution < 1.29 is 5.11 Å². The Morgan fingerprint density at radius 2 is 1.74 bits per heavy atom. The summed E-state index contributed by atoms with van der Waals surface area (Å²) >= 11 is 0. The molecule has 1 nitrogen and oxygen atoms in total. The molecular weight excluding hydrogens is 232 g/mol. The number of hydrogen-bond donors (Lipinski definition) is 1. The Kier molecular flexibility index (Phi) is 3.65. The summed E-state index contributed by atoms with van der Waals surface area (Å²) in [5.74, 6) is 0.209. The van der Waals surface area contributed by atoms with Crippen molar-refractivity contribution in [2.75, 3.05) is 6.61 Å². The summed E-state index contributed by atoms with van der Waals surface area (Å²) < 4.78 is 0. The van der Waals surface area contributed by atoms with Gasteiger partial charge in [0.2, 0.25) is 0 Å². The first kappa shape index (κ1) is 12.4. The van der Waals surface area contributed by atoms with Gasteiger partial charge in [-0.25, -0.2) is 0 Å². The lowest BCUT2D eigenvalue weighted by molar-refractivity contribution is 0.264. The Bertz CT molecular complexity index is 545. The minimum atomic E-state index is 0.209.